The Labute approximate surface area is 115 Å². The highest BCUT2D eigenvalue weighted by Gasteiger charge is 2.19. The zero-order chi connectivity index (χ0) is 14.4. The fourth-order valence-electron chi connectivity index (χ4n) is 1.70. The standard InChI is InChI=1S/C12H14ClNO5/c1-3-19-11(15)6-8-4-10(14(16)17)5-9(7-13)12(8)18-2/h4-5H,3,6-7H2,1-2H3. The summed E-state index contributed by atoms with van der Waals surface area (Å²) in [5, 5.41) is 10.8. The Kier molecular flexibility index (Phi) is 5.57. The number of nitrogens with zero attached hydrogens (tertiary/aromatic N) is 1. The number of hydrogen-bond donors (Lipinski definition) is 0. The number of nitro benzene ring substituents is 1. The highest BCUT2D eigenvalue weighted by Crippen LogP contribution is 2.31. The lowest BCUT2D eigenvalue weighted by Gasteiger charge is -2.11. The zero-order valence-corrected chi connectivity index (χ0v) is 11.4. The van der Waals surface area contributed by atoms with Gasteiger partial charge in [0.1, 0.15) is 5.75 Å². The molecule has 6 nitrogen and oxygen atoms in total. The lowest BCUT2D eigenvalue weighted by molar-refractivity contribution is -0.385. The minimum Gasteiger partial charge on any atom is -0.496 e. The van der Waals surface area contributed by atoms with E-state index >= 15 is 0 Å². The molecular weight excluding hydrogens is 274 g/mol. The lowest BCUT2D eigenvalue weighted by atomic mass is 10.1. The molecule has 104 valence electrons. The maximum atomic E-state index is 11.5. The first kappa shape index (κ1) is 15.2. The number of benzene rings is 1. The average Bonchev–Trinajstić information content (AvgIpc) is 2.37. The van der Waals surface area contributed by atoms with E-state index in [-0.39, 0.29) is 24.6 Å². The van der Waals surface area contributed by atoms with E-state index in [0.29, 0.717) is 16.9 Å². The molecule has 0 fully saturated rings. The van der Waals surface area contributed by atoms with E-state index in [4.69, 9.17) is 21.1 Å². The third-order valence-corrected chi connectivity index (χ3v) is 2.71. The minimum atomic E-state index is -0.538. The molecular formula is C12H14ClNO5. The van der Waals surface area contributed by atoms with Gasteiger partial charge in [-0.25, -0.2) is 0 Å². The first-order valence-corrected chi connectivity index (χ1v) is 6.12. The van der Waals surface area contributed by atoms with Crippen LogP contribution in [0.25, 0.3) is 0 Å². The number of hydrogen-bond acceptors (Lipinski definition) is 5. The van der Waals surface area contributed by atoms with Crippen LogP contribution in [0, 0.1) is 10.1 Å². The van der Waals surface area contributed by atoms with Gasteiger partial charge >= 0.3 is 5.97 Å². The van der Waals surface area contributed by atoms with E-state index in [1.54, 1.807) is 6.92 Å². The van der Waals surface area contributed by atoms with E-state index in [9.17, 15) is 14.9 Å². The Balaban J connectivity index is 3.21. The van der Waals surface area contributed by atoms with Crippen LogP contribution in [0.1, 0.15) is 18.1 Å². The number of halogens is 1. The second-order valence-electron chi connectivity index (χ2n) is 3.67. The average molecular weight is 288 g/mol. The van der Waals surface area contributed by atoms with E-state index in [0.717, 1.165) is 0 Å². The fraction of sp³-hybridized carbons (Fsp3) is 0.417. The molecule has 0 radical (unpaired) electrons. The van der Waals surface area contributed by atoms with Crippen LogP contribution in [0.4, 0.5) is 5.69 Å². The van der Waals surface area contributed by atoms with Gasteiger partial charge in [-0.3, -0.25) is 14.9 Å². The predicted octanol–water partition coefficient (Wildman–Crippen LogP) is 2.45. The summed E-state index contributed by atoms with van der Waals surface area (Å²) in [7, 11) is 1.42. The molecule has 0 aromatic heterocycles. The molecule has 0 aliphatic rings. The van der Waals surface area contributed by atoms with Crippen molar-refractivity contribution in [1.29, 1.82) is 0 Å². The van der Waals surface area contributed by atoms with Crippen molar-refractivity contribution in [2.24, 2.45) is 0 Å². The maximum absolute atomic E-state index is 11.5. The van der Waals surface area contributed by atoms with Crippen LogP contribution >= 0.6 is 11.6 Å². The van der Waals surface area contributed by atoms with Crippen LogP contribution in [0.3, 0.4) is 0 Å². The van der Waals surface area contributed by atoms with Crippen LogP contribution in [0.5, 0.6) is 5.75 Å². The Morgan fingerprint density at radius 1 is 1.42 bits per heavy atom. The van der Waals surface area contributed by atoms with Gasteiger partial charge in [-0.2, -0.15) is 0 Å². The number of esters is 1. The van der Waals surface area contributed by atoms with Crippen LogP contribution in [-0.4, -0.2) is 24.6 Å². The summed E-state index contributed by atoms with van der Waals surface area (Å²) >= 11 is 5.74. The van der Waals surface area contributed by atoms with Crippen molar-refractivity contribution in [2.75, 3.05) is 13.7 Å². The molecule has 0 heterocycles. The molecule has 0 aliphatic carbocycles. The monoisotopic (exact) mass is 287 g/mol. The zero-order valence-electron chi connectivity index (χ0n) is 10.6. The van der Waals surface area contributed by atoms with Crippen molar-refractivity contribution in [3.8, 4) is 5.75 Å². The van der Waals surface area contributed by atoms with Crippen LogP contribution in [-0.2, 0) is 21.8 Å². The molecule has 0 aliphatic heterocycles. The van der Waals surface area contributed by atoms with Gasteiger partial charge < -0.3 is 9.47 Å². The van der Waals surface area contributed by atoms with Crippen molar-refractivity contribution in [1.82, 2.24) is 0 Å². The molecule has 0 unspecified atom stereocenters. The van der Waals surface area contributed by atoms with Gasteiger partial charge in [0.2, 0.25) is 0 Å². The summed E-state index contributed by atoms with van der Waals surface area (Å²) in [5.74, 6) is -0.0313. The summed E-state index contributed by atoms with van der Waals surface area (Å²) in [5.41, 5.74) is 0.735. The van der Waals surface area contributed by atoms with Gasteiger partial charge in [0, 0.05) is 23.3 Å². The quantitative estimate of drug-likeness (QED) is 0.347. The summed E-state index contributed by atoms with van der Waals surface area (Å²) in [4.78, 5) is 21.8. The molecule has 0 bridgehead atoms. The van der Waals surface area contributed by atoms with Crippen LogP contribution in [0.15, 0.2) is 12.1 Å². The van der Waals surface area contributed by atoms with Crippen molar-refractivity contribution in [3.63, 3.8) is 0 Å². The van der Waals surface area contributed by atoms with Gasteiger partial charge in [0.15, 0.2) is 0 Å². The molecule has 1 rings (SSSR count). The second kappa shape index (κ2) is 6.94. The number of alkyl halides is 1. The second-order valence-corrected chi connectivity index (χ2v) is 3.94. The summed E-state index contributed by atoms with van der Waals surface area (Å²) in [6.07, 6.45) is -0.0947. The predicted molar refractivity (Wildman–Crippen MR) is 69.5 cm³/mol. The number of carbonyl (C=O) groups excluding carboxylic acids is 1. The van der Waals surface area contributed by atoms with Gasteiger partial charge in [0.25, 0.3) is 5.69 Å². The molecule has 1 aromatic rings. The summed E-state index contributed by atoms with van der Waals surface area (Å²) in [6, 6.07) is 2.63. The molecule has 7 heteroatoms. The van der Waals surface area contributed by atoms with Gasteiger partial charge in [-0.1, -0.05) is 0 Å². The molecule has 0 saturated carbocycles. The molecule has 0 amide bonds. The molecule has 0 saturated heterocycles. The lowest BCUT2D eigenvalue weighted by Crippen LogP contribution is -2.09. The Hall–Kier alpha value is -1.82. The molecule has 0 atom stereocenters. The SMILES string of the molecule is CCOC(=O)Cc1cc([N+](=O)[O-])cc(CCl)c1OC. The van der Waals surface area contributed by atoms with E-state index < -0.39 is 10.9 Å². The number of carbonyl (C=O) groups is 1. The van der Waals surface area contributed by atoms with Crippen molar-refractivity contribution in [2.45, 2.75) is 19.2 Å². The van der Waals surface area contributed by atoms with Gasteiger partial charge in [-0.05, 0) is 6.92 Å². The summed E-state index contributed by atoms with van der Waals surface area (Å²) in [6.45, 7) is 1.94. The topological polar surface area (TPSA) is 78.7 Å². The third kappa shape index (κ3) is 3.82. The van der Waals surface area contributed by atoms with Crippen molar-refractivity contribution in [3.05, 3.63) is 33.4 Å². The first-order valence-electron chi connectivity index (χ1n) is 5.59. The van der Waals surface area contributed by atoms with E-state index in [2.05, 4.69) is 0 Å². The highest BCUT2D eigenvalue weighted by molar-refractivity contribution is 6.17. The Bertz CT molecular complexity index is 489. The third-order valence-electron chi connectivity index (χ3n) is 2.43. The van der Waals surface area contributed by atoms with Crippen molar-refractivity contribution >= 4 is 23.3 Å². The molecule has 0 N–H and O–H groups in total. The van der Waals surface area contributed by atoms with Gasteiger partial charge in [0.05, 0.1) is 30.9 Å². The largest absolute Gasteiger partial charge is 0.496 e. The number of non-ortho nitro benzene ring substituents is 1. The van der Waals surface area contributed by atoms with Gasteiger partial charge in [-0.15, -0.1) is 11.6 Å². The number of nitro groups is 1. The molecule has 1 aromatic carbocycles. The fourth-order valence-corrected chi connectivity index (χ4v) is 1.90. The smallest absolute Gasteiger partial charge is 0.310 e. The number of methoxy groups -OCH3 is 1. The van der Waals surface area contributed by atoms with Crippen LogP contribution in [0.2, 0.25) is 0 Å². The van der Waals surface area contributed by atoms with Crippen LogP contribution < -0.4 is 4.74 Å². The minimum absolute atomic E-state index is 0.0562. The number of rotatable bonds is 6. The summed E-state index contributed by atoms with van der Waals surface area (Å²) < 4.78 is 9.99. The Morgan fingerprint density at radius 2 is 2.05 bits per heavy atom. The first-order chi connectivity index (χ1) is 9.03. The number of ether oxygens (including phenoxy) is 2. The molecule has 19 heavy (non-hydrogen) atoms. The van der Waals surface area contributed by atoms with Crippen molar-refractivity contribution < 1.29 is 19.2 Å². The normalized spacial score (nSPS) is 10.1. The Morgan fingerprint density at radius 3 is 2.53 bits per heavy atom. The van der Waals surface area contributed by atoms with E-state index in [1.165, 1.54) is 19.2 Å². The maximum Gasteiger partial charge on any atom is 0.310 e. The van der Waals surface area contributed by atoms with E-state index in [1.807, 2.05) is 0 Å². The molecule has 0 spiro atoms. The highest BCUT2D eigenvalue weighted by atomic mass is 35.5.